The van der Waals surface area contributed by atoms with Gasteiger partial charge in [-0.3, -0.25) is 4.79 Å². The van der Waals surface area contributed by atoms with E-state index in [1.54, 1.807) is 26.4 Å². The zero-order valence-corrected chi connectivity index (χ0v) is 19.4. The van der Waals surface area contributed by atoms with E-state index in [1.807, 2.05) is 38.1 Å². The van der Waals surface area contributed by atoms with Crippen molar-refractivity contribution < 1.29 is 23.4 Å². The first-order chi connectivity index (χ1) is 15.8. The minimum Gasteiger partial charge on any atom is -0.493 e. The third-order valence-electron chi connectivity index (χ3n) is 5.28. The zero-order valence-electron chi connectivity index (χ0n) is 19.4. The number of fused-ring (bicyclic) bond motifs is 1. The minimum atomic E-state index is -0.440. The quantitative estimate of drug-likeness (QED) is 0.365. The van der Waals surface area contributed by atoms with Crippen molar-refractivity contribution in [1.82, 2.24) is 5.32 Å². The van der Waals surface area contributed by atoms with E-state index in [9.17, 15) is 9.59 Å². The molecule has 0 saturated heterocycles. The van der Waals surface area contributed by atoms with Crippen molar-refractivity contribution >= 4 is 16.9 Å². The molecule has 0 radical (unpaired) electrons. The molecular weight excluding hydrogens is 422 g/mol. The first-order valence-corrected chi connectivity index (χ1v) is 10.6. The summed E-state index contributed by atoms with van der Waals surface area (Å²) in [5, 5.41) is 3.69. The average Bonchev–Trinajstić information content (AvgIpc) is 2.80. The van der Waals surface area contributed by atoms with Crippen LogP contribution in [-0.4, -0.2) is 26.7 Å². The summed E-state index contributed by atoms with van der Waals surface area (Å²) in [6.45, 7) is 8.29. The van der Waals surface area contributed by atoms with Crippen LogP contribution in [0.5, 0.6) is 17.2 Å². The second kappa shape index (κ2) is 10.7. The van der Waals surface area contributed by atoms with Gasteiger partial charge in [-0.1, -0.05) is 12.6 Å². The van der Waals surface area contributed by atoms with Gasteiger partial charge in [0.15, 0.2) is 11.5 Å². The van der Waals surface area contributed by atoms with Crippen molar-refractivity contribution in [2.45, 2.75) is 33.2 Å². The van der Waals surface area contributed by atoms with Gasteiger partial charge in [0.05, 0.1) is 14.2 Å². The number of benzene rings is 2. The van der Waals surface area contributed by atoms with Crippen LogP contribution in [0, 0.1) is 6.92 Å². The number of carbonyl (C=O) groups is 1. The molecule has 0 saturated carbocycles. The van der Waals surface area contributed by atoms with Crippen molar-refractivity contribution in [1.29, 1.82) is 0 Å². The molecule has 0 spiro atoms. The lowest BCUT2D eigenvalue weighted by Gasteiger charge is -2.11. The van der Waals surface area contributed by atoms with Gasteiger partial charge >= 0.3 is 5.63 Å². The number of methoxy groups -OCH3 is 2. The van der Waals surface area contributed by atoms with Crippen LogP contribution in [0.1, 0.15) is 30.0 Å². The number of carbonyl (C=O) groups excluding carboxylic acids is 1. The molecule has 0 aliphatic rings. The number of hydrogen-bond acceptors (Lipinski definition) is 6. The molecule has 0 aliphatic heterocycles. The number of hydrogen-bond donors (Lipinski definition) is 1. The SMILES string of the molecule is C=C(C)COc1ccc2c(C)c(CCC(=O)NCc3ccc(OC)c(OC)c3)c(=O)oc2c1. The fraction of sp³-hybridized carbons (Fsp3) is 0.308. The first kappa shape index (κ1) is 23.9. The number of nitrogens with one attached hydrogen (secondary N) is 1. The molecule has 2 aromatic carbocycles. The van der Waals surface area contributed by atoms with Crippen LogP contribution in [0.2, 0.25) is 0 Å². The lowest BCUT2D eigenvalue weighted by atomic mass is 10.0. The van der Waals surface area contributed by atoms with Crippen LogP contribution < -0.4 is 25.2 Å². The van der Waals surface area contributed by atoms with Gasteiger partial charge < -0.3 is 23.9 Å². The summed E-state index contributed by atoms with van der Waals surface area (Å²) in [5.74, 6) is 1.67. The van der Waals surface area contributed by atoms with E-state index in [4.69, 9.17) is 18.6 Å². The van der Waals surface area contributed by atoms with Crippen LogP contribution in [0.15, 0.2) is 57.8 Å². The van der Waals surface area contributed by atoms with Gasteiger partial charge in [-0.05, 0) is 61.2 Å². The van der Waals surface area contributed by atoms with Crippen LogP contribution in [-0.2, 0) is 17.8 Å². The molecule has 7 nitrogen and oxygen atoms in total. The molecule has 1 amide bonds. The number of rotatable bonds is 10. The molecule has 3 rings (SSSR count). The molecule has 174 valence electrons. The fourth-order valence-electron chi connectivity index (χ4n) is 3.48. The standard InChI is InChI=1S/C26H29NO6/c1-16(2)15-32-19-7-8-20-17(3)21(26(29)33-23(20)13-19)9-11-25(28)27-14-18-6-10-22(30-4)24(12-18)31-5/h6-8,10,12-13H,1,9,11,14-15H2,2-5H3,(H,27,28). The van der Waals surface area contributed by atoms with E-state index in [-0.39, 0.29) is 18.7 Å². The van der Waals surface area contributed by atoms with E-state index in [0.717, 1.165) is 22.1 Å². The Balaban J connectivity index is 1.65. The molecule has 7 heteroatoms. The maximum Gasteiger partial charge on any atom is 0.339 e. The monoisotopic (exact) mass is 451 g/mol. The second-order valence-corrected chi connectivity index (χ2v) is 7.86. The summed E-state index contributed by atoms with van der Waals surface area (Å²) in [6.07, 6.45) is 0.458. The van der Waals surface area contributed by atoms with Crippen molar-refractivity contribution in [3.05, 3.63) is 75.7 Å². The van der Waals surface area contributed by atoms with E-state index in [0.29, 0.717) is 41.5 Å². The Morgan fingerprint density at radius 1 is 1.09 bits per heavy atom. The third kappa shape index (κ3) is 5.94. The smallest absolute Gasteiger partial charge is 0.339 e. The minimum absolute atomic E-state index is 0.160. The number of aryl methyl sites for hydroxylation is 1. The van der Waals surface area contributed by atoms with E-state index in [2.05, 4.69) is 11.9 Å². The van der Waals surface area contributed by atoms with Crippen LogP contribution >= 0.6 is 0 Å². The fourth-order valence-corrected chi connectivity index (χ4v) is 3.48. The lowest BCUT2D eigenvalue weighted by molar-refractivity contribution is -0.121. The molecule has 1 heterocycles. The Kier molecular flexibility index (Phi) is 7.77. The normalized spacial score (nSPS) is 10.7. The first-order valence-electron chi connectivity index (χ1n) is 10.6. The molecule has 0 fully saturated rings. The maximum absolute atomic E-state index is 12.6. The predicted octanol–water partition coefficient (Wildman–Crippen LogP) is 4.32. The van der Waals surface area contributed by atoms with Crippen molar-refractivity contribution in [2.24, 2.45) is 0 Å². The van der Waals surface area contributed by atoms with E-state index < -0.39 is 5.63 Å². The summed E-state index contributed by atoms with van der Waals surface area (Å²) in [6, 6.07) is 10.9. The van der Waals surface area contributed by atoms with Crippen LogP contribution in [0.3, 0.4) is 0 Å². The Labute approximate surface area is 193 Å². The topological polar surface area (TPSA) is 87.0 Å². The highest BCUT2D eigenvalue weighted by atomic mass is 16.5. The summed E-state index contributed by atoms with van der Waals surface area (Å²) in [5.41, 5.74) is 3.10. The summed E-state index contributed by atoms with van der Waals surface area (Å²) < 4.78 is 21.7. The largest absolute Gasteiger partial charge is 0.493 e. The molecule has 0 aliphatic carbocycles. The van der Waals surface area contributed by atoms with Gasteiger partial charge in [-0.25, -0.2) is 4.79 Å². The Hall–Kier alpha value is -3.74. The molecular formula is C26H29NO6. The molecule has 3 aromatic rings. The highest BCUT2D eigenvalue weighted by Gasteiger charge is 2.14. The van der Waals surface area contributed by atoms with E-state index in [1.165, 1.54) is 0 Å². The third-order valence-corrected chi connectivity index (χ3v) is 5.28. The van der Waals surface area contributed by atoms with Gasteiger partial charge in [0.2, 0.25) is 5.91 Å². The molecule has 0 bridgehead atoms. The van der Waals surface area contributed by atoms with Crippen LogP contribution in [0.4, 0.5) is 0 Å². The number of amides is 1. The van der Waals surface area contributed by atoms with Crippen molar-refractivity contribution in [2.75, 3.05) is 20.8 Å². The van der Waals surface area contributed by atoms with Crippen molar-refractivity contribution in [3.8, 4) is 17.2 Å². The van der Waals surface area contributed by atoms with Gasteiger partial charge in [0.25, 0.3) is 0 Å². The Morgan fingerprint density at radius 2 is 1.85 bits per heavy atom. The predicted molar refractivity (Wildman–Crippen MR) is 127 cm³/mol. The summed E-state index contributed by atoms with van der Waals surface area (Å²) in [4.78, 5) is 25.0. The van der Waals surface area contributed by atoms with Gasteiger partial charge in [0, 0.05) is 30.0 Å². The lowest BCUT2D eigenvalue weighted by Crippen LogP contribution is -2.24. The second-order valence-electron chi connectivity index (χ2n) is 7.86. The maximum atomic E-state index is 12.6. The molecule has 1 aromatic heterocycles. The summed E-state index contributed by atoms with van der Waals surface area (Å²) >= 11 is 0. The zero-order chi connectivity index (χ0) is 24.0. The Bertz CT molecular complexity index is 1230. The van der Waals surface area contributed by atoms with Gasteiger partial charge in [-0.15, -0.1) is 0 Å². The molecule has 0 unspecified atom stereocenters. The average molecular weight is 452 g/mol. The molecule has 1 N–H and O–H groups in total. The molecule has 0 atom stereocenters. The molecule has 33 heavy (non-hydrogen) atoms. The summed E-state index contributed by atoms with van der Waals surface area (Å²) in [7, 11) is 3.13. The highest BCUT2D eigenvalue weighted by Crippen LogP contribution is 2.27. The highest BCUT2D eigenvalue weighted by molar-refractivity contribution is 5.82. The number of ether oxygens (including phenoxy) is 3. The van der Waals surface area contributed by atoms with Gasteiger partial charge in [0.1, 0.15) is 17.9 Å². The van der Waals surface area contributed by atoms with Crippen molar-refractivity contribution in [3.63, 3.8) is 0 Å². The van der Waals surface area contributed by atoms with E-state index >= 15 is 0 Å². The Morgan fingerprint density at radius 3 is 2.55 bits per heavy atom. The van der Waals surface area contributed by atoms with Gasteiger partial charge in [-0.2, -0.15) is 0 Å². The van der Waals surface area contributed by atoms with Crippen LogP contribution in [0.25, 0.3) is 11.0 Å².